The fraction of sp³-hybridized carbons (Fsp3) is 0.500. The van der Waals surface area contributed by atoms with Crippen LogP contribution in [0.2, 0.25) is 0 Å². The molecule has 6 heteroatoms. The molecular formula is C14H20N2O2S2. The molecule has 2 rings (SSSR count). The number of hydrogen-bond acceptors (Lipinski definition) is 3. The molecule has 0 bridgehead atoms. The van der Waals surface area contributed by atoms with Gasteiger partial charge < -0.3 is 5.73 Å². The first-order valence-corrected chi connectivity index (χ1v) is 8.60. The number of thiocarbonyl (C=S) groups is 1. The largest absolute Gasteiger partial charge is 0.389 e. The Morgan fingerprint density at radius 1 is 1.50 bits per heavy atom. The maximum atomic E-state index is 12.3. The Morgan fingerprint density at radius 2 is 2.15 bits per heavy atom. The topological polar surface area (TPSA) is 72.2 Å². The van der Waals surface area contributed by atoms with Gasteiger partial charge in [-0.15, -0.1) is 0 Å². The van der Waals surface area contributed by atoms with Gasteiger partial charge in [0.1, 0.15) is 4.99 Å². The number of aryl methyl sites for hydroxylation is 1. The van der Waals surface area contributed by atoms with Crippen LogP contribution in [-0.4, -0.2) is 20.0 Å². The third kappa shape index (κ3) is 3.56. The fourth-order valence-corrected chi connectivity index (χ4v) is 3.75. The average molecular weight is 312 g/mol. The van der Waals surface area contributed by atoms with Crippen LogP contribution in [0.25, 0.3) is 0 Å². The van der Waals surface area contributed by atoms with Crippen molar-refractivity contribution >= 4 is 27.2 Å². The molecule has 0 aromatic heterocycles. The highest BCUT2D eigenvalue weighted by atomic mass is 32.2. The molecule has 0 radical (unpaired) electrons. The average Bonchev–Trinajstić information content (AvgIpc) is 3.19. The summed E-state index contributed by atoms with van der Waals surface area (Å²) in [7, 11) is -3.47. The van der Waals surface area contributed by atoms with Crippen LogP contribution in [0.15, 0.2) is 23.1 Å². The van der Waals surface area contributed by atoms with Gasteiger partial charge in [0.25, 0.3) is 0 Å². The van der Waals surface area contributed by atoms with Gasteiger partial charge in [-0.25, -0.2) is 13.1 Å². The lowest BCUT2D eigenvalue weighted by atomic mass is 10.1. The van der Waals surface area contributed by atoms with E-state index >= 15 is 0 Å². The Balaban J connectivity index is 2.14. The quantitative estimate of drug-likeness (QED) is 0.788. The summed E-state index contributed by atoms with van der Waals surface area (Å²) in [6.45, 7) is 4.33. The van der Waals surface area contributed by atoms with E-state index in [4.69, 9.17) is 18.0 Å². The summed E-state index contributed by atoms with van der Waals surface area (Å²) in [5.74, 6) is 1.07. The van der Waals surface area contributed by atoms with Gasteiger partial charge in [0, 0.05) is 12.1 Å². The molecule has 0 heterocycles. The van der Waals surface area contributed by atoms with E-state index in [0.717, 1.165) is 0 Å². The SMILES string of the molecule is Cc1cc(C(N)=S)ccc1S(=O)(=O)NCC(C)C1CC1. The minimum atomic E-state index is -3.47. The normalized spacial score (nSPS) is 16.9. The molecule has 1 fully saturated rings. The Hall–Kier alpha value is -0.980. The first-order chi connectivity index (χ1) is 9.31. The molecule has 1 aliphatic carbocycles. The number of nitrogens with two attached hydrogens (primary N) is 1. The summed E-state index contributed by atoms with van der Waals surface area (Å²) in [6, 6.07) is 4.92. The van der Waals surface area contributed by atoms with E-state index in [0.29, 0.717) is 34.4 Å². The summed E-state index contributed by atoms with van der Waals surface area (Å²) in [6.07, 6.45) is 2.43. The van der Waals surface area contributed by atoms with Crippen LogP contribution in [-0.2, 0) is 10.0 Å². The van der Waals surface area contributed by atoms with Crippen LogP contribution in [0.3, 0.4) is 0 Å². The van der Waals surface area contributed by atoms with Gasteiger partial charge in [0.2, 0.25) is 10.0 Å². The van der Waals surface area contributed by atoms with Crippen molar-refractivity contribution in [2.75, 3.05) is 6.54 Å². The molecule has 110 valence electrons. The lowest BCUT2D eigenvalue weighted by Gasteiger charge is -2.14. The molecule has 3 N–H and O–H groups in total. The van der Waals surface area contributed by atoms with E-state index in [1.807, 2.05) is 0 Å². The van der Waals surface area contributed by atoms with Gasteiger partial charge in [0.05, 0.1) is 4.90 Å². The van der Waals surface area contributed by atoms with E-state index < -0.39 is 10.0 Å². The maximum Gasteiger partial charge on any atom is 0.240 e. The van der Waals surface area contributed by atoms with Crippen LogP contribution >= 0.6 is 12.2 Å². The standard InChI is InChI=1S/C14H20N2O2S2/c1-9-7-12(14(15)19)5-6-13(9)20(17,18)16-8-10(2)11-3-4-11/h5-7,10-11,16H,3-4,8H2,1-2H3,(H2,15,19). The molecule has 1 aliphatic rings. The molecular weight excluding hydrogens is 292 g/mol. The van der Waals surface area contributed by atoms with Gasteiger partial charge >= 0.3 is 0 Å². The predicted octanol–water partition coefficient (Wildman–Crippen LogP) is 1.95. The second-order valence-corrected chi connectivity index (χ2v) is 7.69. The van der Waals surface area contributed by atoms with Crippen molar-refractivity contribution < 1.29 is 8.42 Å². The van der Waals surface area contributed by atoms with Gasteiger partial charge in [-0.3, -0.25) is 0 Å². The first-order valence-electron chi connectivity index (χ1n) is 6.71. The van der Waals surface area contributed by atoms with Crippen LogP contribution < -0.4 is 10.5 Å². The zero-order chi connectivity index (χ0) is 14.9. The molecule has 1 atom stereocenters. The minimum absolute atomic E-state index is 0.271. The van der Waals surface area contributed by atoms with Gasteiger partial charge in [-0.05, 0) is 49.3 Å². The highest BCUT2D eigenvalue weighted by Gasteiger charge is 2.29. The Kier molecular flexibility index (Phi) is 4.46. The lowest BCUT2D eigenvalue weighted by molar-refractivity contribution is 0.491. The van der Waals surface area contributed by atoms with Gasteiger partial charge in [0.15, 0.2) is 0 Å². The van der Waals surface area contributed by atoms with Crippen molar-refractivity contribution in [1.29, 1.82) is 0 Å². The molecule has 1 unspecified atom stereocenters. The summed E-state index contributed by atoms with van der Waals surface area (Å²) >= 11 is 4.89. The Morgan fingerprint density at radius 3 is 2.65 bits per heavy atom. The lowest BCUT2D eigenvalue weighted by Crippen LogP contribution is -2.29. The van der Waals surface area contributed by atoms with Crippen molar-refractivity contribution in [2.45, 2.75) is 31.6 Å². The summed E-state index contributed by atoms with van der Waals surface area (Å²) in [4.78, 5) is 0.563. The predicted molar refractivity (Wildman–Crippen MR) is 84.1 cm³/mol. The third-order valence-electron chi connectivity index (χ3n) is 3.77. The second kappa shape index (κ2) is 5.79. The Bertz CT molecular complexity index is 622. The van der Waals surface area contributed by atoms with E-state index in [-0.39, 0.29) is 4.99 Å². The highest BCUT2D eigenvalue weighted by Crippen LogP contribution is 2.36. The maximum absolute atomic E-state index is 12.3. The Labute approximate surface area is 125 Å². The van der Waals surface area contributed by atoms with Crippen LogP contribution in [0.5, 0.6) is 0 Å². The summed E-state index contributed by atoms with van der Waals surface area (Å²) < 4.78 is 27.3. The zero-order valence-electron chi connectivity index (χ0n) is 11.7. The molecule has 4 nitrogen and oxygen atoms in total. The van der Waals surface area contributed by atoms with Crippen molar-refractivity contribution in [3.63, 3.8) is 0 Å². The molecule has 0 saturated heterocycles. The van der Waals surface area contributed by atoms with Crippen molar-refractivity contribution in [3.05, 3.63) is 29.3 Å². The van der Waals surface area contributed by atoms with Crippen LogP contribution in [0.1, 0.15) is 30.9 Å². The molecule has 0 aliphatic heterocycles. The van der Waals surface area contributed by atoms with E-state index in [9.17, 15) is 8.42 Å². The highest BCUT2D eigenvalue weighted by molar-refractivity contribution is 7.89. The van der Waals surface area contributed by atoms with E-state index in [1.54, 1.807) is 25.1 Å². The number of hydrogen-bond donors (Lipinski definition) is 2. The molecule has 0 spiro atoms. The van der Waals surface area contributed by atoms with Crippen LogP contribution in [0.4, 0.5) is 0 Å². The number of benzene rings is 1. The second-order valence-electron chi connectivity index (χ2n) is 5.51. The van der Waals surface area contributed by atoms with Crippen molar-refractivity contribution in [3.8, 4) is 0 Å². The summed E-state index contributed by atoms with van der Waals surface area (Å²) in [5.41, 5.74) is 6.88. The van der Waals surface area contributed by atoms with Gasteiger partial charge in [-0.1, -0.05) is 25.2 Å². The van der Waals surface area contributed by atoms with Gasteiger partial charge in [-0.2, -0.15) is 0 Å². The van der Waals surface area contributed by atoms with E-state index in [2.05, 4.69) is 11.6 Å². The summed E-state index contributed by atoms with van der Waals surface area (Å²) in [5, 5.41) is 0. The zero-order valence-corrected chi connectivity index (χ0v) is 13.4. The molecule has 1 saturated carbocycles. The number of rotatable bonds is 6. The van der Waals surface area contributed by atoms with E-state index in [1.165, 1.54) is 12.8 Å². The number of sulfonamides is 1. The minimum Gasteiger partial charge on any atom is -0.389 e. The monoisotopic (exact) mass is 312 g/mol. The fourth-order valence-electron chi connectivity index (χ4n) is 2.26. The molecule has 1 aromatic carbocycles. The van der Waals surface area contributed by atoms with Crippen molar-refractivity contribution in [2.24, 2.45) is 17.6 Å². The first kappa shape index (κ1) is 15.4. The van der Waals surface area contributed by atoms with Crippen molar-refractivity contribution in [1.82, 2.24) is 4.72 Å². The number of nitrogens with one attached hydrogen (secondary N) is 1. The third-order valence-corrected chi connectivity index (χ3v) is 5.59. The molecule has 1 aromatic rings. The smallest absolute Gasteiger partial charge is 0.240 e. The molecule has 20 heavy (non-hydrogen) atoms. The molecule has 0 amide bonds. The van der Waals surface area contributed by atoms with Crippen LogP contribution in [0, 0.1) is 18.8 Å².